The summed E-state index contributed by atoms with van der Waals surface area (Å²) in [5.41, 5.74) is 0.987. The van der Waals surface area contributed by atoms with E-state index in [9.17, 15) is 8.42 Å². The Bertz CT molecular complexity index is 598. The molecule has 0 atom stereocenters. The van der Waals surface area contributed by atoms with Gasteiger partial charge in [-0.3, -0.25) is 0 Å². The van der Waals surface area contributed by atoms with Crippen LogP contribution in [0.25, 0.3) is 0 Å². The van der Waals surface area contributed by atoms with Crippen LogP contribution in [0.3, 0.4) is 0 Å². The number of hydrogen-bond donors (Lipinski definition) is 1. The first kappa shape index (κ1) is 14.9. The molecule has 116 valence electrons. The Morgan fingerprint density at radius 3 is 2.57 bits per heavy atom. The number of nitrogens with zero attached hydrogens (tertiary/aromatic N) is 1. The number of nitrogens with one attached hydrogen (secondary N) is 1. The third-order valence-corrected chi connectivity index (χ3v) is 6.02. The van der Waals surface area contributed by atoms with E-state index >= 15 is 0 Å². The molecule has 2 aliphatic rings. The standard InChI is InChI=1S/C16H24N2O2S/c1-21(19,20)15-8-4-3-7-14(15)18-12-11-17-13-16(18)9-5-2-6-10-16/h3-4,7-8,17H,2,5-6,9-13H2,1H3. The molecule has 5 heteroatoms. The first-order chi connectivity index (χ1) is 10.0. The maximum absolute atomic E-state index is 12.1. The molecule has 0 bridgehead atoms. The van der Waals surface area contributed by atoms with E-state index in [1.807, 2.05) is 18.2 Å². The summed E-state index contributed by atoms with van der Waals surface area (Å²) in [6.07, 6.45) is 7.37. The van der Waals surface area contributed by atoms with Gasteiger partial charge < -0.3 is 10.2 Å². The molecule has 0 amide bonds. The molecule has 3 rings (SSSR count). The SMILES string of the molecule is CS(=O)(=O)c1ccccc1N1CCNCC12CCCCC2. The molecule has 1 saturated carbocycles. The summed E-state index contributed by atoms with van der Waals surface area (Å²) < 4.78 is 24.3. The van der Waals surface area contributed by atoms with Crippen molar-refractivity contribution in [2.24, 2.45) is 0 Å². The summed E-state index contributed by atoms with van der Waals surface area (Å²) in [7, 11) is -3.20. The number of para-hydroxylation sites is 1. The fraction of sp³-hybridized carbons (Fsp3) is 0.625. The summed E-state index contributed by atoms with van der Waals surface area (Å²) in [5.74, 6) is 0. The smallest absolute Gasteiger partial charge is 0.177 e. The fourth-order valence-corrected chi connectivity index (χ4v) is 4.75. The van der Waals surface area contributed by atoms with Crippen molar-refractivity contribution in [3.63, 3.8) is 0 Å². The van der Waals surface area contributed by atoms with E-state index in [4.69, 9.17) is 0 Å². The molecule has 2 fully saturated rings. The Hall–Kier alpha value is -1.07. The summed E-state index contributed by atoms with van der Waals surface area (Å²) in [6, 6.07) is 7.47. The molecule has 4 nitrogen and oxygen atoms in total. The van der Waals surface area contributed by atoms with Gasteiger partial charge in [0.15, 0.2) is 9.84 Å². The minimum atomic E-state index is -3.20. The Balaban J connectivity index is 2.05. The highest BCUT2D eigenvalue weighted by atomic mass is 32.2. The minimum absolute atomic E-state index is 0.0945. The minimum Gasteiger partial charge on any atom is -0.362 e. The van der Waals surface area contributed by atoms with Crippen LogP contribution < -0.4 is 10.2 Å². The number of hydrogen-bond acceptors (Lipinski definition) is 4. The highest BCUT2D eigenvalue weighted by Gasteiger charge is 2.41. The maximum Gasteiger partial charge on any atom is 0.177 e. The van der Waals surface area contributed by atoms with E-state index in [0.717, 1.165) is 38.2 Å². The number of anilines is 1. The molecule has 0 unspecified atom stereocenters. The molecule has 1 N–H and O–H groups in total. The first-order valence-electron chi connectivity index (χ1n) is 7.80. The van der Waals surface area contributed by atoms with E-state index in [0.29, 0.717) is 4.90 Å². The molecule has 1 heterocycles. The Labute approximate surface area is 127 Å². The zero-order valence-electron chi connectivity index (χ0n) is 12.6. The maximum atomic E-state index is 12.1. The second kappa shape index (κ2) is 5.61. The highest BCUT2D eigenvalue weighted by molar-refractivity contribution is 7.90. The lowest BCUT2D eigenvalue weighted by Crippen LogP contribution is -2.62. The monoisotopic (exact) mass is 308 g/mol. The van der Waals surface area contributed by atoms with Crippen LogP contribution in [-0.4, -0.2) is 39.8 Å². The quantitative estimate of drug-likeness (QED) is 0.910. The molecule has 1 aromatic carbocycles. The van der Waals surface area contributed by atoms with Crippen molar-refractivity contribution >= 4 is 15.5 Å². The van der Waals surface area contributed by atoms with Crippen LogP contribution in [0.15, 0.2) is 29.2 Å². The number of benzene rings is 1. The predicted molar refractivity (Wildman–Crippen MR) is 85.6 cm³/mol. The van der Waals surface area contributed by atoms with E-state index in [1.165, 1.54) is 25.5 Å². The highest BCUT2D eigenvalue weighted by Crippen LogP contribution is 2.39. The van der Waals surface area contributed by atoms with Gasteiger partial charge in [0.25, 0.3) is 0 Å². The third-order valence-electron chi connectivity index (χ3n) is 4.88. The van der Waals surface area contributed by atoms with Crippen LogP contribution in [0.2, 0.25) is 0 Å². The van der Waals surface area contributed by atoms with Crippen molar-refractivity contribution in [3.05, 3.63) is 24.3 Å². The van der Waals surface area contributed by atoms with Crippen LogP contribution >= 0.6 is 0 Å². The average molecular weight is 308 g/mol. The van der Waals surface area contributed by atoms with Crippen LogP contribution in [0.1, 0.15) is 32.1 Å². The number of rotatable bonds is 2. The predicted octanol–water partition coefficient (Wildman–Crippen LogP) is 2.20. The molecular weight excluding hydrogens is 284 g/mol. The zero-order chi connectivity index (χ0) is 14.9. The van der Waals surface area contributed by atoms with Gasteiger partial charge in [0, 0.05) is 25.9 Å². The molecule has 21 heavy (non-hydrogen) atoms. The van der Waals surface area contributed by atoms with Gasteiger partial charge in [-0.05, 0) is 25.0 Å². The van der Waals surface area contributed by atoms with Gasteiger partial charge in [-0.1, -0.05) is 31.4 Å². The third kappa shape index (κ3) is 2.81. The molecule has 1 aliphatic heterocycles. The van der Waals surface area contributed by atoms with Crippen LogP contribution in [0, 0.1) is 0 Å². The summed E-state index contributed by atoms with van der Waals surface area (Å²) in [5, 5.41) is 3.51. The lowest BCUT2D eigenvalue weighted by molar-refractivity contribution is 0.240. The van der Waals surface area contributed by atoms with Gasteiger partial charge in [0.2, 0.25) is 0 Å². The van der Waals surface area contributed by atoms with E-state index in [1.54, 1.807) is 6.07 Å². The van der Waals surface area contributed by atoms with E-state index < -0.39 is 9.84 Å². The van der Waals surface area contributed by atoms with Gasteiger partial charge in [-0.15, -0.1) is 0 Å². The Morgan fingerprint density at radius 1 is 1.14 bits per heavy atom. The molecule has 1 aliphatic carbocycles. The molecule has 1 saturated heterocycles. The average Bonchev–Trinajstić information content (AvgIpc) is 2.48. The van der Waals surface area contributed by atoms with Crippen molar-refractivity contribution in [2.45, 2.75) is 42.5 Å². The molecule has 0 radical (unpaired) electrons. The number of piperazine rings is 1. The van der Waals surface area contributed by atoms with Gasteiger partial charge in [-0.2, -0.15) is 0 Å². The van der Waals surface area contributed by atoms with Gasteiger partial charge in [0.05, 0.1) is 16.1 Å². The first-order valence-corrected chi connectivity index (χ1v) is 9.70. The second-order valence-electron chi connectivity index (χ2n) is 6.35. The lowest BCUT2D eigenvalue weighted by atomic mass is 9.78. The topological polar surface area (TPSA) is 49.4 Å². The second-order valence-corrected chi connectivity index (χ2v) is 8.34. The van der Waals surface area contributed by atoms with Gasteiger partial charge in [0.1, 0.15) is 0 Å². The van der Waals surface area contributed by atoms with Gasteiger partial charge in [-0.25, -0.2) is 8.42 Å². The zero-order valence-corrected chi connectivity index (χ0v) is 13.5. The van der Waals surface area contributed by atoms with Crippen LogP contribution in [-0.2, 0) is 9.84 Å². The largest absolute Gasteiger partial charge is 0.362 e. The fourth-order valence-electron chi connectivity index (χ4n) is 3.87. The van der Waals surface area contributed by atoms with Crippen LogP contribution in [0.5, 0.6) is 0 Å². The lowest BCUT2D eigenvalue weighted by Gasteiger charge is -2.51. The molecule has 0 aromatic heterocycles. The van der Waals surface area contributed by atoms with Gasteiger partial charge >= 0.3 is 0 Å². The summed E-state index contributed by atoms with van der Waals surface area (Å²) in [6.45, 7) is 2.76. The van der Waals surface area contributed by atoms with E-state index in [-0.39, 0.29) is 5.54 Å². The van der Waals surface area contributed by atoms with Crippen molar-refractivity contribution in [2.75, 3.05) is 30.8 Å². The Kier molecular flexibility index (Phi) is 3.97. The Morgan fingerprint density at radius 2 is 1.86 bits per heavy atom. The summed E-state index contributed by atoms with van der Waals surface area (Å²) in [4.78, 5) is 2.84. The van der Waals surface area contributed by atoms with Crippen molar-refractivity contribution in [1.82, 2.24) is 5.32 Å². The van der Waals surface area contributed by atoms with Crippen molar-refractivity contribution in [1.29, 1.82) is 0 Å². The molecule has 1 spiro atoms. The summed E-state index contributed by atoms with van der Waals surface area (Å²) >= 11 is 0. The van der Waals surface area contributed by atoms with E-state index in [2.05, 4.69) is 10.2 Å². The normalized spacial score (nSPS) is 22.4. The number of sulfone groups is 1. The molecular formula is C16H24N2O2S. The van der Waals surface area contributed by atoms with Crippen LogP contribution in [0.4, 0.5) is 5.69 Å². The molecule has 1 aromatic rings. The van der Waals surface area contributed by atoms with Crippen molar-refractivity contribution < 1.29 is 8.42 Å². The van der Waals surface area contributed by atoms with Crippen molar-refractivity contribution in [3.8, 4) is 0 Å².